The van der Waals surface area contributed by atoms with Crippen LogP contribution in [0.1, 0.15) is 32.3 Å². The summed E-state index contributed by atoms with van der Waals surface area (Å²) < 4.78 is 69.0. The van der Waals surface area contributed by atoms with Gasteiger partial charge in [0.25, 0.3) is 0 Å². The number of carbonyl (C=O) groups is 2. The average molecular weight is 410 g/mol. The van der Waals surface area contributed by atoms with E-state index in [9.17, 15) is 31.2 Å². The molecule has 11 heteroatoms. The fraction of sp³-hybridized carbons (Fsp3) is 0.500. The van der Waals surface area contributed by atoms with Crippen molar-refractivity contribution in [2.24, 2.45) is 0 Å². The second kappa shape index (κ2) is 8.70. The number of ether oxygens (including phenoxy) is 1. The number of methoxy groups -OCH3 is 1. The number of amides is 1. The van der Waals surface area contributed by atoms with E-state index in [-0.39, 0.29) is 6.42 Å². The van der Waals surface area contributed by atoms with Crippen molar-refractivity contribution in [1.29, 1.82) is 0 Å². The molecule has 27 heavy (non-hydrogen) atoms. The maximum atomic E-state index is 12.7. The van der Waals surface area contributed by atoms with Crippen molar-refractivity contribution in [1.82, 2.24) is 10.0 Å². The predicted molar refractivity (Wildman–Crippen MR) is 90.1 cm³/mol. The molecule has 1 aromatic carbocycles. The third kappa shape index (κ3) is 6.21. The first-order valence-corrected chi connectivity index (χ1v) is 9.40. The van der Waals surface area contributed by atoms with Crippen molar-refractivity contribution in [2.45, 2.75) is 43.3 Å². The molecule has 1 atom stereocenters. The largest absolute Gasteiger partial charge is 0.467 e. The first kappa shape index (κ1) is 22.9. The highest BCUT2D eigenvalue weighted by Gasteiger charge is 2.35. The molecule has 0 fully saturated rings. The zero-order chi connectivity index (χ0) is 20.9. The Morgan fingerprint density at radius 3 is 2.37 bits per heavy atom. The van der Waals surface area contributed by atoms with E-state index in [0.29, 0.717) is 12.5 Å². The van der Waals surface area contributed by atoms with E-state index in [2.05, 4.69) is 10.1 Å². The molecule has 1 rings (SSSR count). The van der Waals surface area contributed by atoms with Crippen LogP contribution in [-0.2, 0) is 30.5 Å². The summed E-state index contributed by atoms with van der Waals surface area (Å²) in [5.74, 6) is -1.52. The molecule has 0 aromatic heterocycles. The Kier molecular flexibility index (Phi) is 7.38. The number of halogens is 3. The third-order valence-electron chi connectivity index (χ3n) is 3.70. The Balaban J connectivity index is 2.87. The molecule has 0 radical (unpaired) electrons. The zero-order valence-corrected chi connectivity index (χ0v) is 15.8. The van der Waals surface area contributed by atoms with Crippen LogP contribution >= 0.6 is 0 Å². The van der Waals surface area contributed by atoms with Gasteiger partial charge in [-0.05, 0) is 31.5 Å². The van der Waals surface area contributed by atoms with Crippen LogP contribution in [0.2, 0.25) is 0 Å². The molecule has 0 spiro atoms. The summed E-state index contributed by atoms with van der Waals surface area (Å²) in [5.41, 5.74) is -2.47. The summed E-state index contributed by atoms with van der Waals surface area (Å²) in [7, 11) is -3.21. The standard InChI is InChI=1S/C16H21F3N2O5S/c1-4-8-15(2,14(23)26-3)21-13(22)10-20-27(24,25)12-7-5-6-11(9-12)16(17,18)19/h5-7,9,20H,4,8,10H2,1-3H3,(H,21,22). The Labute approximate surface area is 155 Å². The maximum absolute atomic E-state index is 12.7. The van der Waals surface area contributed by atoms with Gasteiger partial charge in [0.15, 0.2) is 0 Å². The minimum Gasteiger partial charge on any atom is -0.467 e. The first-order chi connectivity index (χ1) is 12.4. The molecule has 152 valence electrons. The van der Waals surface area contributed by atoms with Gasteiger partial charge in [0.05, 0.1) is 24.1 Å². The number of sulfonamides is 1. The van der Waals surface area contributed by atoms with E-state index in [1.54, 1.807) is 6.92 Å². The average Bonchev–Trinajstić information content (AvgIpc) is 2.59. The highest BCUT2D eigenvalue weighted by Crippen LogP contribution is 2.30. The number of carbonyl (C=O) groups excluding carboxylic acids is 2. The molecule has 0 aliphatic rings. The number of hydrogen-bond acceptors (Lipinski definition) is 5. The predicted octanol–water partition coefficient (Wildman–Crippen LogP) is 1.83. The normalized spacial score (nSPS) is 14.3. The van der Waals surface area contributed by atoms with Crippen molar-refractivity contribution in [3.63, 3.8) is 0 Å². The molecule has 0 saturated heterocycles. The minimum atomic E-state index is -4.70. The monoisotopic (exact) mass is 410 g/mol. The molecular formula is C16H21F3N2O5S. The van der Waals surface area contributed by atoms with Crippen molar-refractivity contribution < 1.29 is 35.9 Å². The Bertz CT molecular complexity index is 795. The summed E-state index contributed by atoms with van der Waals surface area (Å²) >= 11 is 0. The molecule has 2 N–H and O–H groups in total. The van der Waals surface area contributed by atoms with Crippen LogP contribution in [0.25, 0.3) is 0 Å². The molecule has 0 heterocycles. The van der Waals surface area contributed by atoms with Gasteiger partial charge in [-0.2, -0.15) is 13.2 Å². The van der Waals surface area contributed by atoms with Gasteiger partial charge in [0.2, 0.25) is 15.9 Å². The number of alkyl halides is 3. The number of hydrogen-bond donors (Lipinski definition) is 2. The van der Waals surface area contributed by atoms with Gasteiger partial charge >= 0.3 is 12.1 Å². The van der Waals surface area contributed by atoms with Crippen molar-refractivity contribution >= 4 is 21.9 Å². The molecule has 1 amide bonds. The summed E-state index contributed by atoms with van der Waals surface area (Å²) in [6, 6.07) is 3.13. The van der Waals surface area contributed by atoms with E-state index >= 15 is 0 Å². The highest BCUT2D eigenvalue weighted by atomic mass is 32.2. The van der Waals surface area contributed by atoms with Crippen LogP contribution < -0.4 is 10.0 Å². The number of benzene rings is 1. The fourth-order valence-electron chi connectivity index (χ4n) is 2.38. The van der Waals surface area contributed by atoms with Gasteiger partial charge < -0.3 is 10.1 Å². The molecule has 1 aromatic rings. The van der Waals surface area contributed by atoms with Gasteiger partial charge in [0.1, 0.15) is 5.54 Å². The fourth-order valence-corrected chi connectivity index (χ4v) is 3.40. The van der Waals surface area contributed by atoms with Crippen LogP contribution in [0.4, 0.5) is 13.2 Å². The van der Waals surface area contributed by atoms with Crippen LogP contribution in [-0.4, -0.2) is 39.5 Å². The van der Waals surface area contributed by atoms with Gasteiger partial charge in [-0.15, -0.1) is 0 Å². The topological polar surface area (TPSA) is 102 Å². The SMILES string of the molecule is CCCC(C)(NC(=O)CNS(=O)(=O)c1cccc(C(F)(F)F)c1)C(=O)OC. The molecule has 0 saturated carbocycles. The van der Waals surface area contributed by atoms with Crippen LogP contribution in [0.5, 0.6) is 0 Å². The zero-order valence-electron chi connectivity index (χ0n) is 15.0. The van der Waals surface area contributed by atoms with Gasteiger partial charge in [0, 0.05) is 0 Å². The molecule has 1 unspecified atom stereocenters. The first-order valence-electron chi connectivity index (χ1n) is 7.92. The van der Waals surface area contributed by atoms with Crippen molar-refractivity contribution in [3.8, 4) is 0 Å². The summed E-state index contributed by atoms with van der Waals surface area (Å²) in [6.07, 6.45) is -3.90. The quantitative estimate of drug-likeness (QED) is 0.637. The molecule has 0 aliphatic heterocycles. The Hall–Kier alpha value is -2.14. The Morgan fingerprint density at radius 1 is 1.22 bits per heavy atom. The van der Waals surface area contributed by atoms with Crippen LogP contribution in [0.3, 0.4) is 0 Å². The smallest absolute Gasteiger partial charge is 0.416 e. The lowest BCUT2D eigenvalue weighted by atomic mass is 9.96. The van der Waals surface area contributed by atoms with Crippen molar-refractivity contribution in [3.05, 3.63) is 29.8 Å². The number of rotatable bonds is 8. The van der Waals surface area contributed by atoms with E-state index in [4.69, 9.17) is 0 Å². The van der Waals surface area contributed by atoms with E-state index in [0.717, 1.165) is 25.3 Å². The van der Waals surface area contributed by atoms with E-state index < -0.39 is 50.6 Å². The maximum Gasteiger partial charge on any atom is 0.416 e. The molecular weight excluding hydrogens is 389 g/mol. The summed E-state index contributed by atoms with van der Waals surface area (Å²) in [6.45, 7) is 2.46. The van der Waals surface area contributed by atoms with E-state index in [1.807, 2.05) is 4.72 Å². The number of nitrogens with one attached hydrogen (secondary N) is 2. The molecule has 7 nitrogen and oxygen atoms in total. The van der Waals surface area contributed by atoms with Crippen LogP contribution in [0.15, 0.2) is 29.2 Å². The number of esters is 1. The summed E-state index contributed by atoms with van der Waals surface area (Å²) in [4.78, 5) is 23.2. The lowest BCUT2D eigenvalue weighted by molar-refractivity contribution is -0.150. The molecule has 0 aliphatic carbocycles. The van der Waals surface area contributed by atoms with Crippen molar-refractivity contribution in [2.75, 3.05) is 13.7 Å². The van der Waals surface area contributed by atoms with Gasteiger partial charge in [-0.25, -0.2) is 17.9 Å². The second-order valence-corrected chi connectivity index (χ2v) is 7.74. The van der Waals surface area contributed by atoms with Gasteiger partial charge in [-0.1, -0.05) is 19.4 Å². The molecule has 0 bridgehead atoms. The second-order valence-electron chi connectivity index (χ2n) is 5.97. The Morgan fingerprint density at radius 2 is 1.85 bits per heavy atom. The lowest BCUT2D eigenvalue weighted by Gasteiger charge is -2.27. The lowest BCUT2D eigenvalue weighted by Crippen LogP contribution is -2.54. The summed E-state index contributed by atoms with van der Waals surface area (Å²) in [5, 5.41) is 2.38. The minimum absolute atomic E-state index is 0.256. The highest BCUT2D eigenvalue weighted by molar-refractivity contribution is 7.89. The van der Waals surface area contributed by atoms with Crippen LogP contribution in [0, 0.1) is 0 Å². The van der Waals surface area contributed by atoms with Gasteiger partial charge in [-0.3, -0.25) is 4.79 Å². The van der Waals surface area contributed by atoms with E-state index in [1.165, 1.54) is 6.92 Å². The third-order valence-corrected chi connectivity index (χ3v) is 5.09.